The molecule has 0 radical (unpaired) electrons. The van der Waals surface area contributed by atoms with Crippen molar-refractivity contribution in [3.63, 3.8) is 0 Å². The number of nitrogens with one attached hydrogen (secondary N) is 2. The Morgan fingerprint density at radius 3 is 2.77 bits per heavy atom. The summed E-state index contributed by atoms with van der Waals surface area (Å²) in [4.78, 5) is 29.8. The van der Waals surface area contributed by atoms with Gasteiger partial charge in [-0.15, -0.1) is 11.3 Å². The van der Waals surface area contributed by atoms with Crippen LogP contribution in [0.2, 0.25) is 0 Å². The number of carbonyl (C=O) groups excluding carboxylic acids is 2. The zero-order valence-electron chi connectivity index (χ0n) is 12.5. The molecule has 0 saturated heterocycles. The second kappa shape index (κ2) is 5.38. The molecule has 2 N–H and O–H groups in total. The molecule has 0 atom stereocenters. The Balaban J connectivity index is 2.04. The topological polar surface area (TPSA) is 71.1 Å². The Morgan fingerprint density at radius 2 is 2.14 bits per heavy atom. The van der Waals surface area contributed by atoms with Crippen molar-refractivity contribution >= 4 is 46.3 Å². The Labute approximate surface area is 132 Å². The van der Waals surface area contributed by atoms with Gasteiger partial charge in [-0.3, -0.25) is 9.59 Å². The van der Waals surface area contributed by atoms with Crippen LogP contribution < -0.4 is 10.6 Å². The van der Waals surface area contributed by atoms with E-state index in [1.54, 1.807) is 17.4 Å². The first kappa shape index (κ1) is 14.5. The molecule has 0 unspecified atom stereocenters. The van der Waals surface area contributed by atoms with Crippen LogP contribution in [0.1, 0.15) is 27.8 Å². The SMILES string of the molecule is CC(=O)Nc1cnc2c(c1)C(=Cc1cc(C)c(C)s1)C(=O)N2. The summed E-state index contributed by atoms with van der Waals surface area (Å²) in [5.41, 5.74) is 3.06. The molecule has 2 amide bonds. The van der Waals surface area contributed by atoms with E-state index >= 15 is 0 Å². The van der Waals surface area contributed by atoms with E-state index in [2.05, 4.69) is 28.6 Å². The molecule has 0 fully saturated rings. The third-order valence-corrected chi connectivity index (χ3v) is 4.55. The maximum Gasteiger partial charge on any atom is 0.257 e. The van der Waals surface area contributed by atoms with Crippen molar-refractivity contribution in [2.75, 3.05) is 10.6 Å². The van der Waals surface area contributed by atoms with Crippen LogP contribution in [0.3, 0.4) is 0 Å². The average Bonchev–Trinajstić information content (AvgIpc) is 2.91. The number of nitrogens with zero attached hydrogens (tertiary/aromatic N) is 1. The summed E-state index contributed by atoms with van der Waals surface area (Å²) in [7, 11) is 0. The number of aryl methyl sites for hydroxylation is 2. The number of thiophene rings is 1. The lowest BCUT2D eigenvalue weighted by Gasteiger charge is -2.03. The number of carbonyl (C=O) groups is 2. The monoisotopic (exact) mass is 313 g/mol. The van der Waals surface area contributed by atoms with Gasteiger partial charge in [0.05, 0.1) is 17.5 Å². The van der Waals surface area contributed by atoms with Crippen LogP contribution in [0.4, 0.5) is 11.5 Å². The molecule has 1 aliphatic heterocycles. The number of hydrogen-bond donors (Lipinski definition) is 2. The molecule has 0 bridgehead atoms. The maximum atomic E-state index is 12.2. The second-order valence-corrected chi connectivity index (χ2v) is 6.49. The summed E-state index contributed by atoms with van der Waals surface area (Å²) >= 11 is 1.65. The van der Waals surface area contributed by atoms with Gasteiger partial charge in [-0.1, -0.05) is 0 Å². The number of anilines is 2. The van der Waals surface area contributed by atoms with Gasteiger partial charge in [0.2, 0.25) is 5.91 Å². The number of fused-ring (bicyclic) bond motifs is 1. The second-order valence-electron chi connectivity index (χ2n) is 5.20. The van der Waals surface area contributed by atoms with Crippen molar-refractivity contribution in [3.05, 3.63) is 39.2 Å². The lowest BCUT2D eigenvalue weighted by Crippen LogP contribution is -2.06. The molecule has 112 valence electrons. The third kappa shape index (κ3) is 2.65. The van der Waals surface area contributed by atoms with Crippen molar-refractivity contribution in [2.45, 2.75) is 20.8 Å². The minimum absolute atomic E-state index is 0.172. The molecule has 1 aliphatic rings. The predicted molar refractivity (Wildman–Crippen MR) is 88.8 cm³/mol. The van der Waals surface area contributed by atoms with Gasteiger partial charge in [0, 0.05) is 22.2 Å². The van der Waals surface area contributed by atoms with Crippen molar-refractivity contribution < 1.29 is 9.59 Å². The van der Waals surface area contributed by atoms with Crippen LogP contribution >= 0.6 is 11.3 Å². The highest BCUT2D eigenvalue weighted by atomic mass is 32.1. The fourth-order valence-electron chi connectivity index (χ4n) is 2.30. The molecule has 0 spiro atoms. The van der Waals surface area contributed by atoms with E-state index in [1.165, 1.54) is 23.6 Å². The molecule has 3 heterocycles. The molecule has 2 aromatic rings. The fraction of sp³-hybridized carbons (Fsp3) is 0.188. The molecule has 3 rings (SSSR count). The van der Waals surface area contributed by atoms with Gasteiger partial charge >= 0.3 is 0 Å². The Bertz CT molecular complexity index is 801. The van der Waals surface area contributed by atoms with Crippen LogP contribution in [0.15, 0.2) is 18.3 Å². The number of amides is 2. The first-order chi connectivity index (χ1) is 10.4. The standard InChI is InChI=1S/C16H15N3O2S/c1-8-4-12(22-9(8)2)6-14-13-5-11(18-10(3)20)7-17-15(13)19-16(14)21/h4-7H,1-3H3,(H,18,20)(H,17,19,21). The summed E-state index contributed by atoms with van der Waals surface area (Å²) in [5.74, 6) is 0.176. The normalized spacial score (nSPS) is 14.9. The molecule has 22 heavy (non-hydrogen) atoms. The maximum absolute atomic E-state index is 12.2. The first-order valence-corrected chi connectivity index (χ1v) is 7.64. The van der Waals surface area contributed by atoms with Gasteiger partial charge in [-0.2, -0.15) is 0 Å². The zero-order valence-corrected chi connectivity index (χ0v) is 13.3. The van der Waals surface area contributed by atoms with E-state index in [9.17, 15) is 9.59 Å². The van der Waals surface area contributed by atoms with Crippen LogP contribution in [-0.4, -0.2) is 16.8 Å². The Morgan fingerprint density at radius 1 is 1.36 bits per heavy atom. The minimum atomic E-state index is -0.175. The summed E-state index contributed by atoms with van der Waals surface area (Å²) in [6.45, 7) is 5.54. The molecular formula is C16H15N3O2S. The molecule has 0 aromatic carbocycles. The van der Waals surface area contributed by atoms with Gasteiger partial charge in [0.1, 0.15) is 5.82 Å². The minimum Gasteiger partial charge on any atom is -0.325 e. The molecule has 2 aromatic heterocycles. The van der Waals surface area contributed by atoms with Gasteiger partial charge in [-0.05, 0) is 37.6 Å². The van der Waals surface area contributed by atoms with E-state index in [-0.39, 0.29) is 11.8 Å². The van der Waals surface area contributed by atoms with Crippen LogP contribution in [0, 0.1) is 13.8 Å². The smallest absolute Gasteiger partial charge is 0.257 e. The van der Waals surface area contributed by atoms with Gasteiger partial charge in [0.25, 0.3) is 5.91 Å². The van der Waals surface area contributed by atoms with Crippen LogP contribution in [0.5, 0.6) is 0 Å². The lowest BCUT2D eigenvalue weighted by atomic mass is 10.1. The quantitative estimate of drug-likeness (QED) is 0.836. The van der Waals surface area contributed by atoms with Crippen molar-refractivity contribution in [2.24, 2.45) is 0 Å². The van der Waals surface area contributed by atoms with Gasteiger partial charge in [-0.25, -0.2) is 4.98 Å². The molecule has 5 nitrogen and oxygen atoms in total. The largest absolute Gasteiger partial charge is 0.325 e. The first-order valence-electron chi connectivity index (χ1n) is 6.82. The molecular weight excluding hydrogens is 298 g/mol. The van der Waals surface area contributed by atoms with Gasteiger partial charge in [0.15, 0.2) is 0 Å². The summed E-state index contributed by atoms with van der Waals surface area (Å²) < 4.78 is 0. The number of aromatic nitrogens is 1. The Kier molecular flexibility index (Phi) is 3.54. The van der Waals surface area contributed by atoms with Crippen molar-refractivity contribution in [3.8, 4) is 0 Å². The summed E-state index contributed by atoms with van der Waals surface area (Å²) in [6, 6.07) is 3.82. The van der Waals surface area contributed by atoms with E-state index < -0.39 is 0 Å². The summed E-state index contributed by atoms with van der Waals surface area (Å²) in [5, 5.41) is 5.43. The fourth-order valence-corrected chi connectivity index (χ4v) is 3.28. The van der Waals surface area contributed by atoms with Crippen molar-refractivity contribution in [1.29, 1.82) is 0 Å². The van der Waals surface area contributed by atoms with E-state index in [0.29, 0.717) is 22.6 Å². The zero-order chi connectivity index (χ0) is 15.9. The molecule has 0 aliphatic carbocycles. The van der Waals surface area contributed by atoms with Gasteiger partial charge < -0.3 is 10.6 Å². The highest BCUT2D eigenvalue weighted by Gasteiger charge is 2.26. The number of pyridine rings is 1. The summed E-state index contributed by atoms with van der Waals surface area (Å²) in [6.07, 6.45) is 3.40. The predicted octanol–water partition coefficient (Wildman–Crippen LogP) is 3.21. The van der Waals surface area contributed by atoms with E-state index in [0.717, 1.165) is 4.88 Å². The van der Waals surface area contributed by atoms with Crippen LogP contribution in [-0.2, 0) is 9.59 Å². The lowest BCUT2D eigenvalue weighted by molar-refractivity contribution is -0.114. The molecule has 0 saturated carbocycles. The van der Waals surface area contributed by atoms with Crippen LogP contribution in [0.25, 0.3) is 11.6 Å². The molecule has 6 heteroatoms. The number of hydrogen-bond acceptors (Lipinski definition) is 4. The highest BCUT2D eigenvalue weighted by molar-refractivity contribution is 7.13. The Hall–Kier alpha value is -2.47. The van der Waals surface area contributed by atoms with E-state index in [1.807, 2.05) is 13.0 Å². The van der Waals surface area contributed by atoms with Crippen molar-refractivity contribution in [1.82, 2.24) is 4.98 Å². The third-order valence-electron chi connectivity index (χ3n) is 3.45. The number of rotatable bonds is 2. The van der Waals surface area contributed by atoms with E-state index in [4.69, 9.17) is 0 Å². The average molecular weight is 313 g/mol. The highest BCUT2D eigenvalue weighted by Crippen LogP contribution is 2.34.